The third-order valence-electron chi connectivity index (χ3n) is 5.56. The number of piperidine rings is 1. The van der Waals surface area contributed by atoms with Gasteiger partial charge in [0, 0.05) is 24.3 Å². The van der Waals surface area contributed by atoms with Gasteiger partial charge in [0.05, 0.1) is 12.6 Å². The molecule has 1 aromatic rings. The maximum atomic E-state index is 10.8. The summed E-state index contributed by atoms with van der Waals surface area (Å²) in [5.74, 6) is -1.13. The summed E-state index contributed by atoms with van der Waals surface area (Å²) in [5, 5.41) is 10.8. The molecule has 22 heavy (non-hydrogen) atoms. The van der Waals surface area contributed by atoms with Crippen LogP contribution in [0, 0.1) is 5.89 Å². The van der Waals surface area contributed by atoms with E-state index >= 15 is 0 Å². The molecule has 1 N–H and O–H groups in total. The minimum atomic E-state index is -2.37. The number of methoxy groups -OCH3 is 1. The van der Waals surface area contributed by atoms with E-state index in [0.717, 1.165) is 0 Å². The molecule has 4 aliphatic rings. The molecule has 5 atom stereocenters. The number of likely N-dealkylation sites (N-methyl/N-ethyl adjacent to an activating group) is 1. The fourth-order valence-electron chi connectivity index (χ4n) is 4.56. The van der Waals surface area contributed by atoms with Crippen LogP contribution in [0.2, 0.25) is 0 Å². The van der Waals surface area contributed by atoms with Crippen LogP contribution in [0.5, 0.6) is 11.5 Å². The first kappa shape index (κ1) is 8.94. The van der Waals surface area contributed by atoms with Gasteiger partial charge in [-0.15, -0.1) is 0 Å². The molecule has 0 radical (unpaired) electrons. The molecular formula is C18H21NO3. The van der Waals surface area contributed by atoms with Gasteiger partial charge in [0.15, 0.2) is 11.5 Å². The molecule has 4 nitrogen and oxygen atoms in total. The van der Waals surface area contributed by atoms with Gasteiger partial charge in [0.25, 0.3) is 0 Å². The van der Waals surface area contributed by atoms with E-state index in [4.69, 9.17) is 15.0 Å². The lowest BCUT2D eigenvalue weighted by molar-refractivity contribution is -0.0453. The minimum Gasteiger partial charge on any atom is -0.493 e. The molecule has 2 aliphatic heterocycles. The molecule has 2 heterocycles. The molecule has 1 spiro atoms. The second-order valence-electron chi connectivity index (χ2n) is 6.43. The number of ether oxygens (including phenoxy) is 2. The Morgan fingerprint density at radius 2 is 2.36 bits per heavy atom. The molecule has 5 rings (SSSR count). The molecule has 0 aromatic heterocycles. The Morgan fingerprint density at radius 1 is 1.50 bits per heavy atom. The number of nitrogens with zero attached hydrogens (tertiary/aromatic N) is 1. The predicted octanol–water partition coefficient (Wildman–Crippen LogP) is 1.50. The fourth-order valence-corrected chi connectivity index (χ4v) is 4.56. The molecular weight excluding hydrogens is 278 g/mol. The highest BCUT2D eigenvalue weighted by Gasteiger charge is 2.64. The smallest absolute Gasteiger partial charge is 0.165 e. The lowest BCUT2D eigenvalue weighted by Crippen LogP contribution is -2.64. The van der Waals surface area contributed by atoms with Gasteiger partial charge in [0.1, 0.15) is 12.2 Å². The first-order chi connectivity index (χ1) is 12.6. The summed E-state index contributed by atoms with van der Waals surface area (Å²) in [6.07, 6.45) is -1.11. The number of hydrogen-bond acceptors (Lipinski definition) is 4. The van der Waals surface area contributed by atoms with E-state index in [1.54, 1.807) is 6.08 Å². The van der Waals surface area contributed by atoms with E-state index in [2.05, 4.69) is 0 Å². The molecule has 1 aromatic carbocycles. The maximum absolute atomic E-state index is 10.8. The van der Waals surface area contributed by atoms with Crippen molar-refractivity contribution in [3.63, 3.8) is 0 Å². The average Bonchev–Trinajstić information content (AvgIpc) is 2.88. The van der Waals surface area contributed by atoms with Crippen LogP contribution in [0.4, 0.5) is 0 Å². The van der Waals surface area contributed by atoms with E-state index in [1.165, 1.54) is 13.2 Å². The van der Waals surface area contributed by atoms with Crippen molar-refractivity contribution in [2.45, 2.75) is 36.5 Å². The van der Waals surface area contributed by atoms with Gasteiger partial charge in [-0.25, -0.2) is 0 Å². The van der Waals surface area contributed by atoms with Gasteiger partial charge in [-0.1, -0.05) is 18.2 Å². The van der Waals surface area contributed by atoms with Gasteiger partial charge in [-0.05, 0) is 38.0 Å². The Hall–Kier alpha value is -1.52. The van der Waals surface area contributed by atoms with E-state index in [1.807, 2.05) is 11.9 Å². The van der Waals surface area contributed by atoms with Crippen molar-refractivity contribution in [1.82, 2.24) is 4.90 Å². The Morgan fingerprint density at radius 3 is 3.18 bits per heavy atom. The molecule has 2 aliphatic carbocycles. The molecule has 1 fully saturated rings. The zero-order chi connectivity index (χ0) is 19.6. The summed E-state index contributed by atoms with van der Waals surface area (Å²) in [6, 6.07) is -0.477. The standard InChI is InChI=1S/C18H21NO3/c1-19-8-7-18-11-4-5-13(20)17(18)22-16-14(21-2)6-3-10(15(16)18)9-12(11)19/h3-6,11-13,17,20H,7-9H2,1-2H3/t11-,12+,13?,17?,18-/m0/s1/i3D,6D,11D,13D,17D. The Labute approximate surface area is 137 Å². The monoisotopic (exact) mass is 304 g/mol. The van der Waals surface area contributed by atoms with Crippen molar-refractivity contribution >= 4 is 0 Å². The van der Waals surface area contributed by atoms with E-state index in [-0.39, 0.29) is 29.6 Å². The molecule has 2 bridgehead atoms. The normalized spacial score (nSPS) is 54.3. The minimum absolute atomic E-state index is 0.00301. The summed E-state index contributed by atoms with van der Waals surface area (Å²) in [4.78, 5) is 2.03. The number of likely N-dealkylation sites (tertiary alicyclic amines) is 1. The van der Waals surface area contributed by atoms with Gasteiger partial charge in [-0.3, -0.25) is 0 Å². The van der Waals surface area contributed by atoms with Crippen LogP contribution in [-0.4, -0.2) is 48.9 Å². The number of benzene rings is 1. The topological polar surface area (TPSA) is 41.9 Å². The largest absolute Gasteiger partial charge is 0.493 e. The van der Waals surface area contributed by atoms with Gasteiger partial charge in [0.2, 0.25) is 0 Å². The van der Waals surface area contributed by atoms with Crippen LogP contribution >= 0.6 is 0 Å². The van der Waals surface area contributed by atoms with Crippen molar-refractivity contribution in [2.24, 2.45) is 5.89 Å². The van der Waals surface area contributed by atoms with Crippen molar-refractivity contribution in [3.05, 3.63) is 35.4 Å². The summed E-state index contributed by atoms with van der Waals surface area (Å²) < 4.78 is 55.1. The lowest BCUT2D eigenvalue weighted by Gasteiger charge is -2.56. The number of hydrogen-bond donors (Lipinski definition) is 1. The highest BCUT2D eigenvalue weighted by molar-refractivity contribution is 5.62. The number of rotatable bonds is 1. The summed E-state index contributed by atoms with van der Waals surface area (Å²) in [5.41, 5.74) is -0.248. The second-order valence-corrected chi connectivity index (χ2v) is 6.43. The van der Waals surface area contributed by atoms with Crippen LogP contribution in [0.15, 0.2) is 24.2 Å². The number of aliphatic hydroxyl groups is 1. The van der Waals surface area contributed by atoms with Gasteiger partial charge in [-0.2, -0.15) is 0 Å². The Bertz CT molecular complexity index is 921. The van der Waals surface area contributed by atoms with E-state index in [9.17, 15) is 6.48 Å². The van der Waals surface area contributed by atoms with Crippen molar-refractivity contribution in [1.29, 1.82) is 0 Å². The zero-order valence-corrected chi connectivity index (χ0v) is 12.6. The highest BCUT2D eigenvalue weighted by atomic mass is 16.5. The first-order valence-electron chi connectivity index (χ1n) is 10.1. The lowest BCUT2D eigenvalue weighted by atomic mass is 9.53. The van der Waals surface area contributed by atoms with Crippen LogP contribution in [0.25, 0.3) is 0 Å². The maximum Gasteiger partial charge on any atom is 0.165 e. The SMILES string of the molecule is [2H]c1c([2H])c(OC)c2c3c1C[C@H]1N(C)CC[C@@]34C([2H])(O2)C([2H])(O)C=C[C@@]14[2H]. The Balaban J connectivity index is 1.97. The molecule has 2 unspecified atom stereocenters. The van der Waals surface area contributed by atoms with Crippen molar-refractivity contribution in [2.75, 3.05) is 20.7 Å². The average molecular weight is 304 g/mol. The van der Waals surface area contributed by atoms with Crippen LogP contribution in [-0.2, 0) is 11.8 Å². The third kappa shape index (κ3) is 1.28. The zero-order valence-electron chi connectivity index (χ0n) is 17.6. The molecule has 0 saturated carbocycles. The van der Waals surface area contributed by atoms with Crippen molar-refractivity contribution < 1.29 is 21.4 Å². The van der Waals surface area contributed by atoms with E-state index < -0.39 is 23.5 Å². The van der Waals surface area contributed by atoms with Gasteiger partial charge < -0.3 is 19.5 Å². The van der Waals surface area contributed by atoms with Crippen molar-refractivity contribution in [3.8, 4) is 11.5 Å². The van der Waals surface area contributed by atoms with Gasteiger partial charge >= 0.3 is 0 Å². The highest BCUT2D eigenvalue weighted by Crippen LogP contribution is 2.62. The summed E-state index contributed by atoms with van der Waals surface area (Å²) in [6.45, 7) is 0.580. The van der Waals surface area contributed by atoms with Crippen LogP contribution < -0.4 is 9.47 Å². The third-order valence-corrected chi connectivity index (χ3v) is 5.56. The van der Waals surface area contributed by atoms with Crippen LogP contribution in [0.1, 0.15) is 24.4 Å². The quantitative estimate of drug-likeness (QED) is 0.799. The predicted molar refractivity (Wildman–Crippen MR) is 82.5 cm³/mol. The molecule has 1 saturated heterocycles. The fraction of sp³-hybridized carbons (Fsp3) is 0.556. The summed E-state index contributed by atoms with van der Waals surface area (Å²) >= 11 is 0. The van der Waals surface area contributed by atoms with E-state index in [0.29, 0.717) is 30.5 Å². The second kappa shape index (κ2) is 4.06. The molecule has 4 heteroatoms. The van der Waals surface area contributed by atoms with Crippen LogP contribution in [0.3, 0.4) is 0 Å². The first-order valence-corrected chi connectivity index (χ1v) is 7.58. The summed E-state index contributed by atoms with van der Waals surface area (Å²) in [7, 11) is 3.28. The molecule has 0 amide bonds. The Kier molecular flexibility index (Phi) is 1.65. The molecule has 116 valence electrons.